The average molecular weight is 324 g/mol. The summed E-state index contributed by atoms with van der Waals surface area (Å²) in [6, 6.07) is 15.3. The van der Waals surface area contributed by atoms with Crippen molar-refractivity contribution < 1.29 is 9.47 Å². The summed E-state index contributed by atoms with van der Waals surface area (Å²) < 4.78 is 11.4. The van der Waals surface area contributed by atoms with Crippen LogP contribution in [-0.4, -0.2) is 18.2 Å². The molecule has 0 aliphatic carbocycles. The van der Waals surface area contributed by atoms with Crippen molar-refractivity contribution in [2.24, 2.45) is 0 Å². The third kappa shape index (κ3) is 3.37. The standard InChI is InChI=1S/C19H18NO2S/c1-3-21-18-10-9-14(11-19(18)22-4-2)15-7-5-6-8-16(15)17-12-23-13-20-17/h5-6,8-13H,3-4H2,1-2H3. The Labute approximate surface area is 140 Å². The van der Waals surface area contributed by atoms with Gasteiger partial charge in [-0.05, 0) is 43.2 Å². The molecule has 3 nitrogen and oxygen atoms in total. The van der Waals surface area contributed by atoms with Crippen molar-refractivity contribution in [2.45, 2.75) is 13.8 Å². The number of nitrogens with zero attached hydrogens (tertiary/aromatic N) is 1. The Morgan fingerprint density at radius 3 is 2.65 bits per heavy atom. The summed E-state index contributed by atoms with van der Waals surface area (Å²) >= 11 is 1.59. The molecule has 1 aromatic heterocycles. The first-order chi connectivity index (χ1) is 11.3. The zero-order valence-corrected chi connectivity index (χ0v) is 14.0. The summed E-state index contributed by atoms with van der Waals surface area (Å²) in [7, 11) is 0. The van der Waals surface area contributed by atoms with E-state index in [0.717, 1.165) is 33.9 Å². The van der Waals surface area contributed by atoms with Crippen molar-refractivity contribution in [1.29, 1.82) is 0 Å². The van der Waals surface area contributed by atoms with Crippen molar-refractivity contribution in [1.82, 2.24) is 4.98 Å². The number of thiazole rings is 1. The van der Waals surface area contributed by atoms with Gasteiger partial charge in [0.1, 0.15) is 0 Å². The Balaban J connectivity index is 2.07. The minimum Gasteiger partial charge on any atom is -0.490 e. The van der Waals surface area contributed by atoms with Gasteiger partial charge in [-0.2, -0.15) is 0 Å². The topological polar surface area (TPSA) is 31.4 Å². The molecule has 0 spiro atoms. The second-order valence-corrected chi connectivity index (χ2v) is 5.58. The first kappa shape index (κ1) is 15.6. The summed E-state index contributed by atoms with van der Waals surface area (Å²) in [6.07, 6.45) is 0. The van der Waals surface area contributed by atoms with E-state index in [1.807, 2.05) is 55.1 Å². The lowest BCUT2D eigenvalue weighted by molar-refractivity contribution is 0.288. The minimum atomic E-state index is 0.598. The fourth-order valence-corrected chi connectivity index (χ4v) is 2.99. The first-order valence-corrected chi connectivity index (χ1v) is 8.57. The Bertz CT molecular complexity index is 769. The molecule has 0 saturated heterocycles. The highest BCUT2D eigenvalue weighted by atomic mass is 32.1. The smallest absolute Gasteiger partial charge is 0.161 e. The molecule has 0 aliphatic heterocycles. The van der Waals surface area contributed by atoms with E-state index in [1.165, 1.54) is 0 Å². The molecule has 0 amide bonds. The van der Waals surface area contributed by atoms with E-state index < -0.39 is 0 Å². The van der Waals surface area contributed by atoms with Crippen molar-refractivity contribution in [3.8, 4) is 33.9 Å². The summed E-state index contributed by atoms with van der Waals surface area (Å²) in [5.74, 6) is 1.53. The second-order valence-electron chi connectivity index (χ2n) is 4.86. The van der Waals surface area contributed by atoms with Crippen LogP contribution in [0.5, 0.6) is 11.5 Å². The predicted octanol–water partition coefficient (Wildman–Crippen LogP) is 5.07. The van der Waals surface area contributed by atoms with Crippen molar-refractivity contribution in [3.63, 3.8) is 0 Å². The van der Waals surface area contributed by atoms with Gasteiger partial charge in [0.15, 0.2) is 11.5 Å². The molecule has 0 aliphatic rings. The molecular formula is C19H18NO2S. The molecule has 117 valence electrons. The number of aromatic nitrogens is 1. The quantitative estimate of drug-likeness (QED) is 0.634. The van der Waals surface area contributed by atoms with Gasteiger partial charge in [0.2, 0.25) is 0 Å². The van der Waals surface area contributed by atoms with Crippen LogP contribution in [0.3, 0.4) is 0 Å². The highest BCUT2D eigenvalue weighted by Crippen LogP contribution is 2.36. The third-order valence-corrected chi connectivity index (χ3v) is 3.98. The number of ether oxygens (including phenoxy) is 2. The maximum atomic E-state index is 5.73. The number of hydrogen-bond donors (Lipinski definition) is 0. The fraction of sp³-hybridized carbons (Fsp3) is 0.211. The Kier molecular flexibility index (Phi) is 4.93. The van der Waals surface area contributed by atoms with Crippen LogP contribution in [0.25, 0.3) is 22.4 Å². The maximum absolute atomic E-state index is 5.73. The van der Waals surface area contributed by atoms with E-state index >= 15 is 0 Å². The third-order valence-electron chi connectivity index (χ3n) is 3.40. The van der Waals surface area contributed by atoms with Gasteiger partial charge in [-0.25, -0.2) is 4.98 Å². The fourth-order valence-electron chi connectivity index (χ4n) is 2.44. The van der Waals surface area contributed by atoms with Gasteiger partial charge >= 0.3 is 0 Å². The molecule has 1 radical (unpaired) electrons. The van der Waals surface area contributed by atoms with E-state index in [2.05, 4.69) is 17.1 Å². The van der Waals surface area contributed by atoms with Crippen LogP contribution in [0, 0.1) is 6.07 Å². The van der Waals surface area contributed by atoms with Crippen molar-refractivity contribution in [3.05, 3.63) is 53.4 Å². The van der Waals surface area contributed by atoms with Gasteiger partial charge < -0.3 is 9.47 Å². The van der Waals surface area contributed by atoms with E-state index in [9.17, 15) is 0 Å². The van der Waals surface area contributed by atoms with Gasteiger partial charge in [-0.15, -0.1) is 11.3 Å². The van der Waals surface area contributed by atoms with Crippen LogP contribution in [0.1, 0.15) is 13.8 Å². The number of benzene rings is 2. The molecule has 0 unspecified atom stereocenters. The van der Waals surface area contributed by atoms with Crippen LogP contribution < -0.4 is 9.47 Å². The van der Waals surface area contributed by atoms with Gasteiger partial charge in [0, 0.05) is 10.9 Å². The van der Waals surface area contributed by atoms with Gasteiger partial charge in [-0.1, -0.05) is 24.3 Å². The summed E-state index contributed by atoms with van der Waals surface area (Å²) in [4.78, 5) is 4.42. The first-order valence-electron chi connectivity index (χ1n) is 7.62. The minimum absolute atomic E-state index is 0.598. The van der Waals surface area contributed by atoms with Crippen molar-refractivity contribution in [2.75, 3.05) is 13.2 Å². The van der Waals surface area contributed by atoms with Gasteiger partial charge in [-0.3, -0.25) is 0 Å². The summed E-state index contributed by atoms with van der Waals surface area (Å²) in [5.41, 5.74) is 5.94. The Morgan fingerprint density at radius 2 is 1.91 bits per heavy atom. The number of hydrogen-bond acceptors (Lipinski definition) is 4. The molecule has 0 atom stereocenters. The normalized spacial score (nSPS) is 10.5. The van der Waals surface area contributed by atoms with Crippen LogP contribution in [0.2, 0.25) is 0 Å². The van der Waals surface area contributed by atoms with Gasteiger partial charge in [0.25, 0.3) is 0 Å². The average Bonchev–Trinajstić information content (AvgIpc) is 3.11. The maximum Gasteiger partial charge on any atom is 0.161 e. The van der Waals surface area contributed by atoms with E-state index in [4.69, 9.17) is 9.47 Å². The van der Waals surface area contributed by atoms with E-state index in [-0.39, 0.29) is 0 Å². The van der Waals surface area contributed by atoms with Crippen molar-refractivity contribution >= 4 is 11.3 Å². The SMILES string of the molecule is CCOc1ccc(-c2[c]cccc2-c2cscn2)cc1OCC. The summed E-state index contributed by atoms with van der Waals surface area (Å²) in [5, 5.41) is 2.05. The molecule has 3 rings (SSSR count). The molecule has 4 heteroatoms. The van der Waals surface area contributed by atoms with Gasteiger partial charge in [0.05, 0.1) is 24.4 Å². The zero-order chi connectivity index (χ0) is 16.1. The predicted molar refractivity (Wildman–Crippen MR) is 94.2 cm³/mol. The van der Waals surface area contributed by atoms with Crippen LogP contribution in [0.15, 0.2) is 47.3 Å². The molecule has 0 bridgehead atoms. The number of rotatable bonds is 6. The summed E-state index contributed by atoms with van der Waals surface area (Å²) in [6.45, 7) is 5.15. The zero-order valence-electron chi connectivity index (χ0n) is 13.2. The largest absolute Gasteiger partial charge is 0.490 e. The highest BCUT2D eigenvalue weighted by Gasteiger charge is 2.12. The Hall–Kier alpha value is -2.33. The molecule has 0 saturated carbocycles. The van der Waals surface area contributed by atoms with E-state index in [1.54, 1.807) is 11.3 Å². The Morgan fingerprint density at radius 1 is 1.09 bits per heavy atom. The van der Waals surface area contributed by atoms with Crippen LogP contribution in [-0.2, 0) is 0 Å². The molecule has 0 N–H and O–H groups in total. The van der Waals surface area contributed by atoms with Crippen LogP contribution >= 0.6 is 11.3 Å². The molecular weight excluding hydrogens is 306 g/mol. The molecule has 1 heterocycles. The lowest BCUT2D eigenvalue weighted by atomic mass is 9.98. The molecule has 23 heavy (non-hydrogen) atoms. The molecule has 3 aromatic rings. The molecule has 0 fully saturated rings. The monoisotopic (exact) mass is 324 g/mol. The lowest BCUT2D eigenvalue weighted by Crippen LogP contribution is -1.98. The second kappa shape index (κ2) is 7.29. The molecule has 2 aromatic carbocycles. The van der Waals surface area contributed by atoms with Crippen LogP contribution in [0.4, 0.5) is 0 Å². The highest BCUT2D eigenvalue weighted by molar-refractivity contribution is 7.07. The van der Waals surface area contributed by atoms with E-state index in [0.29, 0.717) is 13.2 Å². The lowest BCUT2D eigenvalue weighted by Gasteiger charge is -2.14.